The summed E-state index contributed by atoms with van der Waals surface area (Å²) >= 11 is 1.19. The number of tetrazole rings is 1. The number of aromatic carboxylic acids is 1. The Morgan fingerprint density at radius 1 is 1.33 bits per heavy atom. The maximum Gasteiger partial charge on any atom is 0.338 e. The maximum absolute atomic E-state index is 11.5. The molecule has 0 fully saturated rings. The van der Waals surface area contributed by atoms with Crippen LogP contribution in [0, 0.1) is 6.92 Å². The van der Waals surface area contributed by atoms with E-state index in [9.17, 15) is 9.90 Å². The molecule has 1 N–H and O–H groups in total. The van der Waals surface area contributed by atoms with Crippen LogP contribution in [0.25, 0.3) is 11.0 Å². The second-order valence-corrected chi connectivity index (χ2v) is 5.38. The molecule has 0 spiro atoms. The molecule has 21 heavy (non-hydrogen) atoms. The summed E-state index contributed by atoms with van der Waals surface area (Å²) in [6.07, 6.45) is 1.33. The lowest BCUT2D eigenvalue weighted by Crippen LogP contribution is -2.03. The van der Waals surface area contributed by atoms with E-state index in [1.807, 2.05) is 6.92 Å². The summed E-state index contributed by atoms with van der Waals surface area (Å²) in [5, 5.41) is 26.1. The summed E-state index contributed by atoms with van der Waals surface area (Å²) in [6.45, 7) is 1.81. The predicted molar refractivity (Wildman–Crippen MR) is 73.1 cm³/mol. The van der Waals surface area contributed by atoms with Crippen LogP contribution in [0.1, 0.15) is 16.1 Å². The molecule has 0 radical (unpaired) electrons. The van der Waals surface area contributed by atoms with Crippen LogP contribution in [0.5, 0.6) is 0 Å². The summed E-state index contributed by atoms with van der Waals surface area (Å²) in [5.74, 6) is -1.05. The zero-order valence-electron chi connectivity index (χ0n) is 11.5. The molecule has 108 valence electrons. The van der Waals surface area contributed by atoms with Crippen LogP contribution in [0.4, 0.5) is 0 Å². The molecular weight excluding hydrogens is 294 g/mol. The Labute approximate surface area is 123 Å². The van der Waals surface area contributed by atoms with Crippen LogP contribution in [0.15, 0.2) is 16.2 Å². The minimum Gasteiger partial charge on any atom is -0.478 e. The van der Waals surface area contributed by atoms with Crippen LogP contribution >= 0.6 is 11.8 Å². The zero-order valence-corrected chi connectivity index (χ0v) is 12.3. The first-order chi connectivity index (χ1) is 9.99. The van der Waals surface area contributed by atoms with E-state index in [1.165, 1.54) is 22.6 Å². The van der Waals surface area contributed by atoms with Gasteiger partial charge in [-0.2, -0.15) is 5.10 Å². The molecule has 0 amide bonds. The Morgan fingerprint density at radius 2 is 2.10 bits per heavy atom. The second kappa shape index (κ2) is 4.81. The third-order valence-electron chi connectivity index (χ3n) is 2.98. The van der Waals surface area contributed by atoms with E-state index >= 15 is 0 Å². The van der Waals surface area contributed by atoms with Gasteiger partial charge >= 0.3 is 5.97 Å². The van der Waals surface area contributed by atoms with Crippen molar-refractivity contribution < 1.29 is 9.90 Å². The van der Waals surface area contributed by atoms with Gasteiger partial charge in [-0.05, 0) is 29.1 Å². The van der Waals surface area contributed by atoms with Crippen molar-refractivity contribution in [3.63, 3.8) is 0 Å². The summed E-state index contributed by atoms with van der Waals surface area (Å²) in [7, 11) is 3.46. The van der Waals surface area contributed by atoms with E-state index in [4.69, 9.17) is 0 Å². The Morgan fingerprint density at radius 3 is 2.71 bits per heavy atom. The molecule has 0 unspecified atom stereocenters. The van der Waals surface area contributed by atoms with Gasteiger partial charge in [0.15, 0.2) is 5.65 Å². The first-order valence-corrected chi connectivity index (χ1v) is 6.76. The number of aryl methyl sites for hydroxylation is 3. The fourth-order valence-corrected chi connectivity index (χ4v) is 3.06. The minimum atomic E-state index is -1.05. The van der Waals surface area contributed by atoms with E-state index in [0.29, 0.717) is 26.8 Å². The van der Waals surface area contributed by atoms with Gasteiger partial charge in [0, 0.05) is 25.2 Å². The molecule has 0 saturated heterocycles. The van der Waals surface area contributed by atoms with E-state index in [2.05, 4.69) is 25.6 Å². The van der Waals surface area contributed by atoms with Crippen LogP contribution < -0.4 is 0 Å². The normalized spacial score (nSPS) is 11.2. The number of hydrogen-bond acceptors (Lipinski definition) is 7. The lowest BCUT2D eigenvalue weighted by Gasteiger charge is -2.06. The summed E-state index contributed by atoms with van der Waals surface area (Å²) < 4.78 is 3.10. The van der Waals surface area contributed by atoms with Gasteiger partial charge in [0.25, 0.3) is 0 Å². The number of pyridine rings is 1. The Kier molecular flexibility index (Phi) is 3.09. The fraction of sp³-hybridized carbons (Fsp3) is 0.273. The first kappa shape index (κ1) is 13.5. The summed E-state index contributed by atoms with van der Waals surface area (Å²) in [6, 6.07) is 0. The van der Waals surface area contributed by atoms with Crippen molar-refractivity contribution in [1.29, 1.82) is 0 Å². The molecule has 0 saturated carbocycles. The average molecular weight is 305 g/mol. The fourth-order valence-electron chi connectivity index (χ4n) is 2.04. The third kappa shape index (κ3) is 2.13. The largest absolute Gasteiger partial charge is 0.478 e. The zero-order chi connectivity index (χ0) is 15.1. The van der Waals surface area contributed by atoms with Crippen molar-refractivity contribution in [1.82, 2.24) is 35.0 Å². The lowest BCUT2D eigenvalue weighted by atomic mass is 10.2. The molecule has 3 aromatic rings. The molecule has 3 rings (SSSR count). The van der Waals surface area contributed by atoms with Crippen molar-refractivity contribution in [2.45, 2.75) is 17.0 Å². The summed E-state index contributed by atoms with van der Waals surface area (Å²) in [5.41, 5.74) is 1.43. The highest BCUT2D eigenvalue weighted by atomic mass is 32.2. The second-order valence-electron chi connectivity index (χ2n) is 4.40. The number of fused-ring (bicyclic) bond motifs is 1. The monoisotopic (exact) mass is 305 g/mol. The Bertz CT molecular complexity index is 854. The SMILES string of the molecule is Cc1nn(C)c2ncc(C(=O)O)c(Sc3nnnn3C)c12. The van der Waals surface area contributed by atoms with E-state index in [0.717, 1.165) is 0 Å². The number of rotatable bonds is 3. The highest BCUT2D eigenvalue weighted by Crippen LogP contribution is 2.35. The van der Waals surface area contributed by atoms with E-state index in [1.54, 1.807) is 18.8 Å². The van der Waals surface area contributed by atoms with Gasteiger partial charge in [0.1, 0.15) is 0 Å². The molecule has 3 aromatic heterocycles. The highest BCUT2D eigenvalue weighted by Gasteiger charge is 2.21. The quantitative estimate of drug-likeness (QED) is 0.750. The number of carbonyl (C=O) groups is 1. The molecule has 0 atom stereocenters. The van der Waals surface area contributed by atoms with Crippen molar-refractivity contribution in [3.8, 4) is 0 Å². The lowest BCUT2D eigenvalue weighted by molar-refractivity contribution is 0.0693. The van der Waals surface area contributed by atoms with Crippen molar-refractivity contribution >= 4 is 28.8 Å². The van der Waals surface area contributed by atoms with E-state index < -0.39 is 5.97 Å². The molecule has 0 aromatic carbocycles. The maximum atomic E-state index is 11.5. The highest BCUT2D eigenvalue weighted by molar-refractivity contribution is 7.99. The predicted octanol–water partition coefficient (Wildman–Crippen LogP) is 0.650. The Balaban J connectivity index is 2.28. The first-order valence-electron chi connectivity index (χ1n) is 5.95. The molecule has 0 aliphatic carbocycles. The summed E-state index contributed by atoms with van der Waals surface area (Å²) in [4.78, 5) is 16.2. The van der Waals surface area contributed by atoms with Gasteiger partial charge in [-0.3, -0.25) is 4.68 Å². The molecule has 0 aliphatic heterocycles. The van der Waals surface area contributed by atoms with Crippen LogP contribution in [-0.4, -0.2) is 46.0 Å². The average Bonchev–Trinajstić information content (AvgIpc) is 2.95. The number of aromatic nitrogens is 7. The van der Waals surface area contributed by atoms with Gasteiger partial charge < -0.3 is 5.11 Å². The van der Waals surface area contributed by atoms with Gasteiger partial charge in [-0.1, -0.05) is 0 Å². The van der Waals surface area contributed by atoms with Gasteiger partial charge in [0.05, 0.1) is 16.6 Å². The number of hydrogen-bond donors (Lipinski definition) is 1. The standard InChI is InChI=1S/C11H11N7O2S/c1-5-7-8(21-11-13-15-16-18(11)3)6(10(19)20)4-12-9(7)17(2)14-5/h4H,1-3H3,(H,19,20). The van der Waals surface area contributed by atoms with Crippen molar-refractivity contribution in [2.24, 2.45) is 14.1 Å². The van der Waals surface area contributed by atoms with Gasteiger partial charge in [-0.25, -0.2) is 14.5 Å². The van der Waals surface area contributed by atoms with Gasteiger partial charge in [-0.15, -0.1) is 5.10 Å². The van der Waals surface area contributed by atoms with Gasteiger partial charge in [0.2, 0.25) is 5.16 Å². The minimum absolute atomic E-state index is 0.103. The van der Waals surface area contributed by atoms with Crippen LogP contribution in [0.3, 0.4) is 0 Å². The molecular formula is C11H11N7O2S. The molecule has 0 bridgehead atoms. The van der Waals surface area contributed by atoms with Crippen LogP contribution in [0.2, 0.25) is 0 Å². The van der Waals surface area contributed by atoms with Crippen molar-refractivity contribution in [2.75, 3.05) is 0 Å². The Hall–Kier alpha value is -2.49. The molecule has 0 aliphatic rings. The number of carboxylic acid groups (broad SMARTS) is 1. The van der Waals surface area contributed by atoms with Crippen LogP contribution in [-0.2, 0) is 14.1 Å². The third-order valence-corrected chi connectivity index (χ3v) is 4.14. The molecule has 3 heterocycles. The smallest absolute Gasteiger partial charge is 0.338 e. The topological polar surface area (TPSA) is 112 Å². The van der Waals surface area contributed by atoms with E-state index in [-0.39, 0.29) is 5.56 Å². The van der Waals surface area contributed by atoms with Crippen molar-refractivity contribution in [3.05, 3.63) is 17.5 Å². The number of nitrogens with zero attached hydrogens (tertiary/aromatic N) is 7. The molecule has 10 heteroatoms. The number of carboxylic acids is 1. The molecule has 9 nitrogen and oxygen atoms in total.